The highest BCUT2D eigenvalue weighted by Crippen LogP contribution is 2.37. The normalized spacial score (nSPS) is 22.6. The first-order valence-corrected chi connectivity index (χ1v) is 7.80. The minimum absolute atomic E-state index is 0.00362. The number of carbonyl (C=O) groups excluding carboxylic acids is 1. The molecular weight excluding hydrogens is 321 g/mol. The summed E-state index contributed by atoms with van der Waals surface area (Å²) in [7, 11) is 0. The second-order valence-corrected chi connectivity index (χ2v) is 6.29. The molecule has 2 aromatic rings. The van der Waals surface area contributed by atoms with Crippen LogP contribution < -0.4 is 0 Å². The molecule has 3 rings (SSSR count). The molecule has 1 saturated heterocycles. The van der Waals surface area contributed by atoms with Crippen molar-refractivity contribution >= 4 is 16.8 Å². The molecule has 0 saturated carbocycles. The maximum Gasteiger partial charge on any atom is 0.417 e. The number of aromatic amines is 1. The zero-order valence-electron chi connectivity index (χ0n) is 13.5. The highest BCUT2D eigenvalue weighted by atomic mass is 19.4. The Morgan fingerprint density at radius 2 is 2.00 bits per heavy atom. The molecule has 24 heavy (non-hydrogen) atoms. The van der Waals surface area contributed by atoms with Gasteiger partial charge in [0.2, 0.25) is 0 Å². The van der Waals surface area contributed by atoms with Crippen LogP contribution in [-0.2, 0) is 4.74 Å². The van der Waals surface area contributed by atoms with E-state index in [1.165, 1.54) is 4.90 Å². The van der Waals surface area contributed by atoms with Crippen LogP contribution in [-0.4, -0.2) is 47.3 Å². The summed E-state index contributed by atoms with van der Waals surface area (Å²) in [6.07, 6.45) is -4.73. The number of hydrogen-bond donors (Lipinski definition) is 1. The number of nitrogens with one attached hydrogen (secondary N) is 1. The van der Waals surface area contributed by atoms with E-state index in [1.54, 1.807) is 0 Å². The predicted octanol–water partition coefficient (Wildman–Crippen LogP) is 3.66. The van der Waals surface area contributed by atoms with Crippen LogP contribution in [0.3, 0.4) is 0 Å². The summed E-state index contributed by atoms with van der Waals surface area (Å²) in [6, 6.07) is 7.52. The summed E-state index contributed by atoms with van der Waals surface area (Å²) in [4.78, 5) is 17.3. The summed E-state index contributed by atoms with van der Waals surface area (Å²) in [5.41, 5.74) is -0.145. The van der Waals surface area contributed by atoms with E-state index in [4.69, 9.17) is 4.74 Å². The summed E-state index contributed by atoms with van der Waals surface area (Å²) < 4.78 is 44.4. The molecule has 130 valence electrons. The number of alkyl halides is 3. The predicted molar refractivity (Wildman–Crippen MR) is 84.0 cm³/mol. The average Bonchev–Trinajstić information content (AvgIpc) is 2.72. The van der Waals surface area contributed by atoms with Crippen LogP contribution in [0.25, 0.3) is 10.9 Å². The minimum atomic E-state index is -4.46. The van der Waals surface area contributed by atoms with Crippen LogP contribution in [0.15, 0.2) is 24.3 Å². The number of para-hydroxylation sites is 1. The molecule has 0 radical (unpaired) electrons. The monoisotopic (exact) mass is 340 g/mol. The van der Waals surface area contributed by atoms with Crippen molar-refractivity contribution < 1.29 is 22.7 Å². The smallest absolute Gasteiger partial charge is 0.364 e. The van der Waals surface area contributed by atoms with E-state index in [0.717, 1.165) is 23.4 Å². The molecule has 1 aliphatic heterocycles. The van der Waals surface area contributed by atoms with Crippen molar-refractivity contribution in [2.45, 2.75) is 32.0 Å². The molecule has 1 aliphatic rings. The number of nitrogens with zero attached hydrogens (tertiary/aromatic N) is 1. The van der Waals surface area contributed by atoms with Gasteiger partial charge in [-0.3, -0.25) is 4.79 Å². The van der Waals surface area contributed by atoms with Gasteiger partial charge < -0.3 is 14.6 Å². The Kier molecular flexibility index (Phi) is 4.07. The first-order valence-electron chi connectivity index (χ1n) is 7.80. The fourth-order valence-corrected chi connectivity index (χ4v) is 2.99. The first kappa shape index (κ1) is 16.8. The van der Waals surface area contributed by atoms with Gasteiger partial charge in [-0.1, -0.05) is 18.2 Å². The molecule has 1 amide bonds. The van der Waals surface area contributed by atoms with Gasteiger partial charge in [0.15, 0.2) is 5.60 Å². The minimum Gasteiger partial charge on any atom is -0.364 e. The van der Waals surface area contributed by atoms with Gasteiger partial charge in [0.05, 0.1) is 6.61 Å². The molecule has 2 heterocycles. The highest BCUT2D eigenvalue weighted by molar-refractivity contribution is 6.00. The van der Waals surface area contributed by atoms with Crippen LogP contribution in [0, 0.1) is 6.92 Å². The van der Waals surface area contributed by atoms with Gasteiger partial charge in [-0.25, -0.2) is 0 Å². The summed E-state index contributed by atoms with van der Waals surface area (Å²) >= 11 is 0. The molecule has 1 fully saturated rings. The number of carbonyl (C=O) groups is 1. The average molecular weight is 340 g/mol. The number of benzene rings is 1. The Morgan fingerprint density at radius 1 is 1.29 bits per heavy atom. The number of hydrogen-bond acceptors (Lipinski definition) is 2. The SMILES string of the molecule is Cc1c(C(=O)N2CCOC(C)(C(F)(F)F)CC2)[nH]c2ccccc12. The van der Waals surface area contributed by atoms with Crippen molar-refractivity contribution in [2.75, 3.05) is 19.7 Å². The topological polar surface area (TPSA) is 45.3 Å². The Hall–Kier alpha value is -2.02. The van der Waals surface area contributed by atoms with Crippen molar-refractivity contribution in [3.8, 4) is 0 Å². The van der Waals surface area contributed by atoms with Gasteiger partial charge in [-0.2, -0.15) is 13.2 Å². The van der Waals surface area contributed by atoms with Crippen LogP contribution in [0.1, 0.15) is 29.4 Å². The molecular formula is C17H19F3N2O2. The van der Waals surface area contributed by atoms with Gasteiger partial charge in [0.25, 0.3) is 5.91 Å². The van der Waals surface area contributed by atoms with E-state index in [1.807, 2.05) is 31.2 Å². The van der Waals surface area contributed by atoms with Gasteiger partial charge in [-0.15, -0.1) is 0 Å². The van der Waals surface area contributed by atoms with E-state index >= 15 is 0 Å². The molecule has 0 aliphatic carbocycles. The van der Waals surface area contributed by atoms with E-state index in [0.29, 0.717) is 5.69 Å². The number of ether oxygens (including phenoxy) is 1. The van der Waals surface area contributed by atoms with E-state index in [2.05, 4.69) is 4.98 Å². The summed E-state index contributed by atoms with van der Waals surface area (Å²) in [6.45, 7) is 2.87. The third-order valence-electron chi connectivity index (χ3n) is 4.71. The lowest BCUT2D eigenvalue weighted by molar-refractivity contribution is -0.269. The second kappa shape index (κ2) is 5.81. The van der Waals surface area contributed by atoms with Crippen molar-refractivity contribution in [3.05, 3.63) is 35.5 Å². The molecule has 4 nitrogen and oxygen atoms in total. The largest absolute Gasteiger partial charge is 0.417 e. The van der Waals surface area contributed by atoms with Crippen LogP contribution in [0.4, 0.5) is 13.2 Å². The van der Waals surface area contributed by atoms with E-state index < -0.39 is 11.8 Å². The molecule has 7 heteroatoms. The fraction of sp³-hybridized carbons (Fsp3) is 0.471. The molecule has 1 aromatic heterocycles. The standard InChI is InChI=1S/C17H19F3N2O2/c1-11-12-5-3-4-6-13(12)21-14(11)15(23)22-8-7-16(2,17(18,19)20)24-10-9-22/h3-6,21H,7-10H2,1-2H3. The highest BCUT2D eigenvalue weighted by Gasteiger charge is 2.53. The molecule has 1 atom stereocenters. The number of halogens is 3. The van der Waals surface area contributed by atoms with E-state index in [9.17, 15) is 18.0 Å². The van der Waals surface area contributed by atoms with Crippen molar-refractivity contribution in [3.63, 3.8) is 0 Å². The number of aryl methyl sites for hydroxylation is 1. The molecule has 0 spiro atoms. The Balaban J connectivity index is 1.84. The Morgan fingerprint density at radius 3 is 2.67 bits per heavy atom. The van der Waals surface area contributed by atoms with Gasteiger partial charge in [-0.05, 0) is 25.5 Å². The van der Waals surface area contributed by atoms with E-state index in [-0.39, 0.29) is 32.0 Å². The Labute approximate surface area is 137 Å². The van der Waals surface area contributed by atoms with Gasteiger partial charge in [0, 0.05) is 30.4 Å². The number of amides is 1. The number of rotatable bonds is 1. The lowest BCUT2D eigenvalue weighted by Crippen LogP contribution is -2.45. The summed E-state index contributed by atoms with van der Waals surface area (Å²) in [5, 5.41) is 0.937. The first-order chi connectivity index (χ1) is 11.2. The third-order valence-corrected chi connectivity index (χ3v) is 4.71. The number of fused-ring (bicyclic) bond motifs is 1. The Bertz CT molecular complexity index is 769. The van der Waals surface area contributed by atoms with Gasteiger partial charge in [0.1, 0.15) is 5.69 Å². The maximum atomic E-state index is 13.1. The zero-order valence-corrected chi connectivity index (χ0v) is 13.5. The lowest BCUT2D eigenvalue weighted by atomic mass is 10.0. The van der Waals surface area contributed by atoms with Crippen molar-refractivity contribution in [1.82, 2.24) is 9.88 Å². The molecule has 0 bridgehead atoms. The number of aromatic nitrogens is 1. The second-order valence-electron chi connectivity index (χ2n) is 6.29. The van der Waals surface area contributed by atoms with Crippen LogP contribution in [0.2, 0.25) is 0 Å². The quantitative estimate of drug-likeness (QED) is 0.861. The molecule has 1 aromatic carbocycles. The fourth-order valence-electron chi connectivity index (χ4n) is 2.99. The van der Waals surface area contributed by atoms with Crippen molar-refractivity contribution in [2.24, 2.45) is 0 Å². The third kappa shape index (κ3) is 2.77. The molecule has 1 N–H and O–H groups in total. The zero-order chi connectivity index (χ0) is 17.5. The number of H-pyrrole nitrogens is 1. The van der Waals surface area contributed by atoms with Crippen LogP contribution >= 0.6 is 0 Å². The summed E-state index contributed by atoms with van der Waals surface area (Å²) in [5.74, 6) is -0.293. The van der Waals surface area contributed by atoms with Crippen LogP contribution in [0.5, 0.6) is 0 Å². The van der Waals surface area contributed by atoms with Crippen molar-refractivity contribution in [1.29, 1.82) is 0 Å². The lowest BCUT2D eigenvalue weighted by Gasteiger charge is -2.30. The molecule has 1 unspecified atom stereocenters. The maximum absolute atomic E-state index is 13.1. The van der Waals surface area contributed by atoms with Gasteiger partial charge >= 0.3 is 6.18 Å².